The minimum absolute atomic E-state index is 0.235. The smallest absolute Gasteiger partial charge is 0.127 e. The summed E-state index contributed by atoms with van der Waals surface area (Å²) in [6.07, 6.45) is 0.496. The molecule has 0 aliphatic rings. The van der Waals surface area contributed by atoms with Gasteiger partial charge in [-0.2, -0.15) is 0 Å². The molecule has 1 aromatic carbocycles. The summed E-state index contributed by atoms with van der Waals surface area (Å²) in [4.78, 5) is 4.35. The van der Waals surface area contributed by atoms with Crippen molar-refractivity contribution in [3.05, 3.63) is 34.1 Å². The van der Waals surface area contributed by atoms with Crippen LogP contribution in [0.4, 0.5) is 4.39 Å². The maximum Gasteiger partial charge on any atom is 0.127 e. The van der Waals surface area contributed by atoms with Gasteiger partial charge in [-0.15, -0.1) is 0 Å². The zero-order valence-electron chi connectivity index (χ0n) is 6.39. The van der Waals surface area contributed by atoms with Crippen LogP contribution >= 0.6 is 15.9 Å². The first-order valence-corrected chi connectivity index (χ1v) is 4.29. The van der Waals surface area contributed by atoms with Crippen molar-refractivity contribution in [3.8, 4) is 0 Å². The van der Waals surface area contributed by atoms with E-state index in [1.165, 1.54) is 6.07 Å². The molecule has 0 amide bonds. The molecular weight excluding hydrogens is 225 g/mol. The maximum absolute atomic E-state index is 13.0. The van der Waals surface area contributed by atoms with E-state index in [1.54, 1.807) is 12.1 Å². The first kappa shape index (κ1) is 9.64. The van der Waals surface area contributed by atoms with E-state index >= 15 is 0 Å². The van der Waals surface area contributed by atoms with Crippen molar-refractivity contribution in [2.24, 2.45) is 5.90 Å². The molecule has 0 atom stereocenters. The topological polar surface area (TPSA) is 35.2 Å². The van der Waals surface area contributed by atoms with Gasteiger partial charge >= 0.3 is 0 Å². The Labute approximate surface area is 78.6 Å². The molecule has 0 aliphatic carbocycles. The number of hydrogen-bond acceptors (Lipinski definition) is 2. The van der Waals surface area contributed by atoms with E-state index in [2.05, 4.69) is 20.8 Å². The molecular formula is C8H9BrFNO. The molecule has 0 unspecified atom stereocenters. The molecule has 0 aromatic heterocycles. The van der Waals surface area contributed by atoms with Crippen molar-refractivity contribution >= 4 is 15.9 Å². The van der Waals surface area contributed by atoms with E-state index < -0.39 is 0 Å². The Morgan fingerprint density at radius 3 is 2.83 bits per heavy atom. The van der Waals surface area contributed by atoms with Crippen molar-refractivity contribution in [1.29, 1.82) is 0 Å². The minimum Gasteiger partial charge on any atom is -0.304 e. The third-order valence-corrected chi connectivity index (χ3v) is 2.00. The molecule has 4 heteroatoms. The Hall–Kier alpha value is -0.450. The van der Waals surface area contributed by atoms with Gasteiger partial charge in [-0.25, -0.2) is 10.3 Å². The molecule has 0 bridgehead atoms. The molecule has 0 saturated heterocycles. The number of rotatable bonds is 3. The van der Waals surface area contributed by atoms with E-state index in [4.69, 9.17) is 5.90 Å². The predicted molar refractivity (Wildman–Crippen MR) is 47.9 cm³/mol. The molecule has 12 heavy (non-hydrogen) atoms. The molecule has 2 nitrogen and oxygen atoms in total. The third-order valence-electron chi connectivity index (χ3n) is 1.50. The van der Waals surface area contributed by atoms with Crippen molar-refractivity contribution in [3.63, 3.8) is 0 Å². The molecule has 0 aliphatic heterocycles. The van der Waals surface area contributed by atoms with Crippen LogP contribution in [0.15, 0.2) is 22.7 Å². The monoisotopic (exact) mass is 233 g/mol. The second kappa shape index (κ2) is 4.54. The molecule has 0 fully saturated rings. The zero-order chi connectivity index (χ0) is 8.97. The second-order valence-corrected chi connectivity index (χ2v) is 3.27. The van der Waals surface area contributed by atoms with Crippen LogP contribution in [0.25, 0.3) is 0 Å². The minimum atomic E-state index is -0.235. The molecule has 0 saturated carbocycles. The fourth-order valence-corrected chi connectivity index (χ4v) is 1.23. The quantitative estimate of drug-likeness (QED) is 0.812. The van der Waals surface area contributed by atoms with Gasteiger partial charge in [-0.3, -0.25) is 0 Å². The summed E-state index contributed by atoms with van der Waals surface area (Å²) in [6.45, 7) is 0.332. The molecule has 66 valence electrons. The van der Waals surface area contributed by atoms with E-state index in [9.17, 15) is 4.39 Å². The highest BCUT2D eigenvalue weighted by atomic mass is 79.9. The molecule has 1 rings (SSSR count). The fraction of sp³-hybridized carbons (Fsp3) is 0.250. The number of nitrogens with two attached hydrogens (primary N) is 1. The van der Waals surface area contributed by atoms with Gasteiger partial charge in [0.15, 0.2) is 0 Å². The maximum atomic E-state index is 13.0. The van der Waals surface area contributed by atoms with Crippen molar-refractivity contribution in [1.82, 2.24) is 0 Å². The highest BCUT2D eigenvalue weighted by Gasteiger charge is 2.01. The van der Waals surface area contributed by atoms with Crippen LogP contribution in [0.5, 0.6) is 0 Å². The van der Waals surface area contributed by atoms with Crippen LogP contribution in [-0.2, 0) is 11.3 Å². The Balaban J connectivity index is 2.72. The normalized spacial score (nSPS) is 10.2. The SMILES string of the molecule is NOCCc1ccc(Br)cc1F. The van der Waals surface area contributed by atoms with Gasteiger partial charge in [0.1, 0.15) is 5.82 Å². The molecule has 0 spiro atoms. The first-order chi connectivity index (χ1) is 5.74. The van der Waals surface area contributed by atoms with Crippen LogP contribution in [0, 0.1) is 5.82 Å². The van der Waals surface area contributed by atoms with Gasteiger partial charge in [0, 0.05) is 10.9 Å². The third kappa shape index (κ3) is 2.55. The van der Waals surface area contributed by atoms with Crippen LogP contribution < -0.4 is 5.90 Å². The van der Waals surface area contributed by atoms with E-state index in [0.29, 0.717) is 18.6 Å². The average molecular weight is 234 g/mol. The highest BCUT2D eigenvalue weighted by Crippen LogP contribution is 2.15. The van der Waals surface area contributed by atoms with Crippen LogP contribution in [0.2, 0.25) is 0 Å². The molecule has 0 radical (unpaired) electrons. The Kier molecular flexibility index (Phi) is 3.65. The Morgan fingerprint density at radius 1 is 1.50 bits per heavy atom. The summed E-state index contributed by atoms with van der Waals surface area (Å²) in [5.41, 5.74) is 0.614. The standard InChI is InChI=1S/C8H9BrFNO/c9-7-2-1-6(3-4-12-11)8(10)5-7/h1-2,5H,3-4,11H2. The van der Waals surface area contributed by atoms with Crippen LogP contribution in [0.1, 0.15) is 5.56 Å². The van der Waals surface area contributed by atoms with E-state index in [1.807, 2.05) is 0 Å². The lowest BCUT2D eigenvalue weighted by Crippen LogP contribution is -2.04. The summed E-state index contributed by atoms with van der Waals surface area (Å²) >= 11 is 3.17. The number of hydrogen-bond donors (Lipinski definition) is 1. The predicted octanol–water partition coefficient (Wildman–Crippen LogP) is 2.02. The van der Waals surface area contributed by atoms with Gasteiger partial charge in [0.25, 0.3) is 0 Å². The van der Waals surface area contributed by atoms with Crippen molar-refractivity contribution < 1.29 is 9.23 Å². The Bertz CT molecular complexity index is 267. The van der Waals surface area contributed by atoms with Crippen LogP contribution in [0.3, 0.4) is 0 Å². The largest absolute Gasteiger partial charge is 0.304 e. The second-order valence-electron chi connectivity index (χ2n) is 2.36. The zero-order valence-corrected chi connectivity index (χ0v) is 7.97. The van der Waals surface area contributed by atoms with Crippen LogP contribution in [-0.4, -0.2) is 6.61 Å². The Morgan fingerprint density at radius 2 is 2.25 bits per heavy atom. The van der Waals surface area contributed by atoms with E-state index in [0.717, 1.165) is 4.47 Å². The van der Waals surface area contributed by atoms with Gasteiger partial charge in [0.05, 0.1) is 6.61 Å². The molecule has 2 N–H and O–H groups in total. The van der Waals surface area contributed by atoms with Crippen molar-refractivity contribution in [2.45, 2.75) is 6.42 Å². The van der Waals surface area contributed by atoms with Gasteiger partial charge in [-0.05, 0) is 17.7 Å². The average Bonchev–Trinajstić information content (AvgIpc) is 2.03. The summed E-state index contributed by atoms with van der Waals surface area (Å²) in [5, 5.41) is 0. The lowest BCUT2D eigenvalue weighted by Gasteiger charge is -2.01. The lowest BCUT2D eigenvalue weighted by molar-refractivity contribution is 0.140. The first-order valence-electron chi connectivity index (χ1n) is 3.49. The highest BCUT2D eigenvalue weighted by molar-refractivity contribution is 9.10. The molecule has 1 aromatic rings. The van der Waals surface area contributed by atoms with Gasteiger partial charge < -0.3 is 4.84 Å². The summed E-state index contributed by atoms with van der Waals surface area (Å²) < 4.78 is 13.8. The fourth-order valence-electron chi connectivity index (χ4n) is 0.893. The lowest BCUT2D eigenvalue weighted by atomic mass is 10.1. The van der Waals surface area contributed by atoms with Gasteiger partial charge in [0.2, 0.25) is 0 Å². The number of benzene rings is 1. The van der Waals surface area contributed by atoms with Gasteiger partial charge in [-0.1, -0.05) is 22.0 Å². The summed E-state index contributed by atoms with van der Waals surface area (Å²) in [5.74, 6) is 4.59. The summed E-state index contributed by atoms with van der Waals surface area (Å²) in [6, 6.07) is 4.92. The number of halogens is 2. The van der Waals surface area contributed by atoms with Crippen molar-refractivity contribution in [2.75, 3.05) is 6.61 Å². The summed E-state index contributed by atoms with van der Waals surface area (Å²) in [7, 11) is 0. The molecule has 0 heterocycles. The van der Waals surface area contributed by atoms with E-state index in [-0.39, 0.29) is 5.82 Å².